The van der Waals surface area contributed by atoms with Crippen LogP contribution in [0.15, 0.2) is 41.9 Å². The highest BCUT2D eigenvalue weighted by Crippen LogP contribution is 2.19. The van der Waals surface area contributed by atoms with E-state index in [-0.39, 0.29) is 5.91 Å². The van der Waals surface area contributed by atoms with E-state index in [0.29, 0.717) is 10.6 Å². The van der Waals surface area contributed by atoms with Crippen LogP contribution in [0.2, 0.25) is 0 Å². The predicted octanol–water partition coefficient (Wildman–Crippen LogP) is 2.35. The van der Waals surface area contributed by atoms with Gasteiger partial charge >= 0.3 is 5.97 Å². The number of carbonyl (C=O) groups excluding carboxylic acids is 2. The molecule has 0 bridgehead atoms. The highest BCUT2D eigenvalue weighted by atomic mass is 32.1. The van der Waals surface area contributed by atoms with Gasteiger partial charge in [-0.3, -0.25) is 9.89 Å². The van der Waals surface area contributed by atoms with Crippen LogP contribution in [-0.2, 0) is 4.79 Å². The molecule has 2 N–H and O–H groups in total. The number of esters is 1. The van der Waals surface area contributed by atoms with Gasteiger partial charge in [-0.1, -0.05) is 6.07 Å². The van der Waals surface area contributed by atoms with Crippen molar-refractivity contribution in [2.24, 2.45) is 0 Å². The van der Waals surface area contributed by atoms with Gasteiger partial charge in [0.05, 0.1) is 16.6 Å². The molecule has 0 aliphatic carbocycles. The number of aromatic amines is 1. The van der Waals surface area contributed by atoms with Gasteiger partial charge in [-0.2, -0.15) is 5.10 Å². The van der Waals surface area contributed by atoms with Crippen molar-refractivity contribution >= 4 is 34.1 Å². The van der Waals surface area contributed by atoms with Gasteiger partial charge in [0, 0.05) is 5.39 Å². The molecule has 2 aromatic heterocycles. The van der Waals surface area contributed by atoms with Crippen molar-refractivity contribution in [2.45, 2.75) is 13.0 Å². The monoisotopic (exact) mass is 315 g/mol. The zero-order chi connectivity index (χ0) is 15.5. The Morgan fingerprint density at radius 1 is 1.36 bits per heavy atom. The maximum Gasteiger partial charge on any atom is 0.333 e. The molecule has 0 unspecified atom stereocenters. The van der Waals surface area contributed by atoms with Gasteiger partial charge in [0.25, 0.3) is 5.91 Å². The van der Waals surface area contributed by atoms with Crippen molar-refractivity contribution < 1.29 is 14.3 Å². The Kier molecular flexibility index (Phi) is 3.88. The molecule has 7 heteroatoms. The Morgan fingerprint density at radius 2 is 2.23 bits per heavy atom. The summed E-state index contributed by atoms with van der Waals surface area (Å²) in [5, 5.41) is 12.0. The first-order chi connectivity index (χ1) is 10.6. The van der Waals surface area contributed by atoms with E-state index in [1.54, 1.807) is 48.8 Å². The topological polar surface area (TPSA) is 84.1 Å². The summed E-state index contributed by atoms with van der Waals surface area (Å²) >= 11 is 1.32. The molecule has 6 nitrogen and oxygen atoms in total. The fourth-order valence-electron chi connectivity index (χ4n) is 1.92. The number of benzene rings is 1. The van der Waals surface area contributed by atoms with E-state index >= 15 is 0 Å². The summed E-state index contributed by atoms with van der Waals surface area (Å²) in [6, 6.07) is 7.90. The van der Waals surface area contributed by atoms with E-state index < -0.39 is 12.0 Å². The van der Waals surface area contributed by atoms with Gasteiger partial charge in [-0.05, 0) is 36.6 Å². The molecule has 1 aromatic carbocycles. The Morgan fingerprint density at radius 3 is 3.00 bits per heavy atom. The summed E-state index contributed by atoms with van der Waals surface area (Å²) in [7, 11) is 0. The lowest BCUT2D eigenvalue weighted by Crippen LogP contribution is -2.40. The number of fused-ring (bicyclic) bond motifs is 1. The molecular weight excluding hydrogens is 302 g/mol. The van der Waals surface area contributed by atoms with Crippen LogP contribution in [0.4, 0.5) is 0 Å². The van der Waals surface area contributed by atoms with Crippen molar-refractivity contribution in [1.82, 2.24) is 15.5 Å². The molecule has 0 aliphatic heterocycles. The highest BCUT2D eigenvalue weighted by Gasteiger charge is 2.19. The number of aromatic nitrogens is 2. The van der Waals surface area contributed by atoms with Gasteiger partial charge in [-0.15, -0.1) is 11.3 Å². The van der Waals surface area contributed by atoms with Crippen LogP contribution in [0.5, 0.6) is 5.75 Å². The maximum atomic E-state index is 12.0. The van der Waals surface area contributed by atoms with Crippen LogP contribution in [0, 0.1) is 0 Å². The van der Waals surface area contributed by atoms with Crippen LogP contribution >= 0.6 is 11.3 Å². The second-order valence-corrected chi connectivity index (χ2v) is 5.66. The minimum Gasteiger partial charge on any atom is -0.425 e. The number of rotatable bonds is 4. The summed E-state index contributed by atoms with van der Waals surface area (Å²) in [5.41, 5.74) is 0.860. The molecule has 3 aromatic rings. The number of amides is 1. The zero-order valence-corrected chi connectivity index (χ0v) is 12.5. The summed E-state index contributed by atoms with van der Waals surface area (Å²) < 4.78 is 5.28. The molecule has 0 saturated heterocycles. The third kappa shape index (κ3) is 2.99. The van der Waals surface area contributed by atoms with Crippen molar-refractivity contribution in [2.75, 3.05) is 0 Å². The minimum atomic E-state index is -0.741. The smallest absolute Gasteiger partial charge is 0.333 e. The summed E-state index contributed by atoms with van der Waals surface area (Å²) in [4.78, 5) is 24.5. The Balaban J connectivity index is 1.64. The first-order valence-electron chi connectivity index (χ1n) is 6.62. The molecule has 22 heavy (non-hydrogen) atoms. The van der Waals surface area contributed by atoms with Crippen LogP contribution in [0.1, 0.15) is 16.6 Å². The Labute approximate surface area is 130 Å². The summed E-state index contributed by atoms with van der Waals surface area (Å²) in [6.45, 7) is 1.59. The van der Waals surface area contributed by atoms with Crippen LogP contribution in [0.25, 0.3) is 10.9 Å². The van der Waals surface area contributed by atoms with E-state index in [0.717, 1.165) is 10.9 Å². The van der Waals surface area contributed by atoms with Gasteiger partial charge in [-0.25, -0.2) is 4.79 Å². The Hall–Kier alpha value is -2.67. The van der Waals surface area contributed by atoms with Crippen LogP contribution in [-0.4, -0.2) is 28.1 Å². The lowest BCUT2D eigenvalue weighted by Gasteiger charge is -2.12. The predicted molar refractivity (Wildman–Crippen MR) is 83.0 cm³/mol. The van der Waals surface area contributed by atoms with Gasteiger partial charge in [0.15, 0.2) is 0 Å². The SMILES string of the molecule is C[C@H](NC(=O)c1cccs1)C(=O)Oc1ccc2[nH]ncc2c1. The number of ether oxygens (including phenoxy) is 1. The third-order valence-electron chi connectivity index (χ3n) is 3.08. The van der Waals surface area contributed by atoms with Crippen LogP contribution < -0.4 is 10.1 Å². The number of H-pyrrole nitrogens is 1. The third-order valence-corrected chi connectivity index (χ3v) is 3.94. The first-order valence-corrected chi connectivity index (χ1v) is 7.50. The van der Waals surface area contributed by atoms with Gasteiger partial charge in [0.1, 0.15) is 11.8 Å². The molecule has 0 saturated carbocycles. The highest BCUT2D eigenvalue weighted by molar-refractivity contribution is 7.12. The molecule has 1 amide bonds. The average Bonchev–Trinajstić information content (AvgIpc) is 3.18. The van der Waals surface area contributed by atoms with E-state index in [2.05, 4.69) is 15.5 Å². The van der Waals surface area contributed by atoms with E-state index in [1.807, 2.05) is 0 Å². The number of nitrogens with one attached hydrogen (secondary N) is 2. The van der Waals surface area contributed by atoms with E-state index in [4.69, 9.17) is 4.74 Å². The summed E-state index contributed by atoms with van der Waals surface area (Å²) in [5.74, 6) is -0.395. The fourth-order valence-corrected chi connectivity index (χ4v) is 2.55. The summed E-state index contributed by atoms with van der Waals surface area (Å²) in [6.07, 6.45) is 1.65. The molecule has 2 heterocycles. The number of carbonyl (C=O) groups is 2. The molecule has 0 fully saturated rings. The first kappa shape index (κ1) is 14.3. The second kappa shape index (κ2) is 5.98. The fraction of sp³-hybridized carbons (Fsp3) is 0.133. The van der Waals surface area contributed by atoms with E-state index in [9.17, 15) is 9.59 Å². The standard InChI is InChI=1S/C15H13N3O3S/c1-9(17-14(19)13-3-2-6-22-13)15(20)21-11-4-5-12-10(7-11)8-16-18-12/h2-9H,1H3,(H,16,18)(H,17,19)/t9-/m0/s1. The van der Waals surface area contributed by atoms with Crippen LogP contribution in [0.3, 0.4) is 0 Å². The van der Waals surface area contributed by atoms with Gasteiger partial charge in [0.2, 0.25) is 0 Å². The quantitative estimate of drug-likeness (QED) is 0.572. The molecule has 0 radical (unpaired) electrons. The maximum absolute atomic E-state index is 12.0. The lowest BCUT2D eigenvalue weighted by atomic mass is 10.2. The molecule has 112 valence electrons. The molecule has 3 rings (SSSR count). The normalized spacial score (nSPS) is 12.0. The number of thiophene rings is 1. The number of hydrogen-bond acceptors (Lipinski definition) is 5. The largest absolute Gasteiger partial charge is 0.425 e. The lowest BCUT2D eigenvalue weighted by molar-refractivity contribution is -0.136. The van der Waals surface area contributed by atoms with Crippen molar-refractivity contribution in [1.29, 1.82) is 0 Å². The minimum absolute atomic E-state index is 0.287. The van der Waals surface area contributed by atoms with Crippen molar-refractivity contribution in [3.8, 4) is 5.75 Å². The number of nitrogens with zero attached hydrogens (tertiary/aromatic N) is 1. The second-order valence-electron chi connectivity index (χ2n) is 4.71. The van der Waals surface area contributed by atoms with E-state index in [1.165, 1.54) is 11.3 Å². The number of hydrogen-bond donors (Lipinski definition) is 2. The molecule has 1 atom stereocenters. The Bertz CT molecular complexity index is 810. The molecule has 0 spiro atoms. The van der Waals surface area contributed by atoms with Crippen molar-refractivity contribution in [3.05, 3.63) is 46.8 Å². The molecular formula is C15H13N3O3S. The molecule has 0 aliphatic rings. The van der Waals surface area contributed by atoms with Gasteiger partial charge < -0.3 is 10.1 Å². The zero-order valence-electron chi connectivity index (χ0n) is 11.7. The average molecular weight is 315 g/mol. The van der Waals surface area contributed by atoms with Crippen molar-refractivity contribution in [3.63, 3.8) is 0 Å².